The van der Waals surface area contributed by atoms with Crippen LogP contribution in [0.5, 0.6) is 0 Å². The Balaban J connectivity index is 1.64. The Labute approximate surface area is 174 Å². The Bertz CT molecular complexity index is 692. The van der Waals surface area contributed by atoms with E-state index in [1.54, 1.807) is 0 Å². The topological polar surface area (TPSA) is 72.8 Å². The van der Waals surface area contributed by atoms with Crippen molar-refractivity contribution in [3.8, 4) is 0 Å². The Morgan fingerprint density at radius 1 is 1.28 bits per heavy atom. The maximum Gasteiger partial charge on any atom is 0.311 e. The lowest BCUT2D eigenvalue weighted by Crippen LogP contribution is -2.53. The number of hydrogen-bond donors (Lipinski definition) is 1. The molecule has 162 valence electrons. The van der Waals surface area contributed by atoms with Gasteiger partial charge in [-0.25, -0.2) is 0 Å². The SMILES string of the molecule is CC(C)(C)C(=O)OCC[C@]12CC[C@@H]3C(=O)CCC[C@]34C(OCCO)[C@H]1C=CC[C@H]24. The number of rotatable bonds is 6. The summed E-state index contributed by atoms with van der Waals surface area (Å²) in [7, 11) is 0. The highest BCUT2D eigenvalue weighted by molar-refractivity contribution is 5.83. The summed E-state index contributed by atoms with van der Waals surface area (Å²) in [5, 5.41) is 9.43. The highest BCUT2D eigenvalue weighted by Gasteiger charge is 2.73. The van der Waals surface area contributed by atoms with Crippen molar-refractivity contribution >= 4 is 11.8 Å². The number of aliphatic hydroxyl groups excluding tert-OH is 1. The van der Waals surface area contributed by atoms with Crippen LogP contribution in [0, 0.1) is 34.0 Å². The second-order valence-corrected chi connectivity index (χ2v) is 10.6. The van der Waals surface area contributed by atoms with Crippen LogP contribution >= 0.6 is 0 Å². The molecule has 5 heteroatoms. The van der Waals surface area contributed by atoms with Gasteiger partial charge in [0.1, 0.15) is 5.78 Å². The minimum Gasteiger partial charge on any atom is -0.465 e. The van der Waals surface area contributed by atoms with Gasteiger partial charge in [-0.1, -0.05) is 12.2 Å². The molecule has 0 radical (unpaired) electrons. The van der Waals surface area contributed by atoms with E-state index >= 15 is 0 Å². The summed E-state index contributed by atoms with van der Waals surface area (Å²) in [5.41, 5.74) is -0.587. The quantitative estimate of drug-likeness (QED) is 0.540. The van der Waals surface area contributed by atoms with Crippen LogP contribution in [0.4, 0.5) is 0 Å². The van der Waals surface area contributed by atoms with Gasteiger partial charge in [0.15, 0.2) is 0 Å². The van der Waals surface area contributed by atoms with Gasteiger partial charge in [0.05, 0.1) is 31.3 Å². The van der Waals surface area contributed by atoms with E-state index in [1.807, 2.05) is 20.8 Å². The van der Waals surface area contributed by atoms with Crippen LogP contribution in [0.2, 0.25) is 0 Å². The summed E-state index contributed by atoms with van der Waals surface area (Å²) >= 11 is 0. The van der Waals surface area contributed by atoms with E-state index in [2.05, 4.69) is 12.2 Å². The number of Topliss-reactive ketones (excluding diaryl/α,β-unsaturated/α-hetero) is 1. The maximum absolute atomic E-state index is 12.9. The number of carbonyl (C=O) groups is 2. The van der Waals surface area contributed by atoms with Gasteiger partial charge in [-0.2, -0.15) is 0 Å². The average molecular weight is 405 g/mol. The largest absolute Gasteiger partial charge is 0.465 e. The van der Waals surface area contributed by atoms with Crippen LogP contribution in [0.15, 0.2) is 12.2 Å². The third-order valence-electron chi connectivity index (χ3n) is 8.35. The van der Waals surface area contributed by atoms with Gasteiger partial charge in [0, 0.05) is 23.7 Å². The summed E-state index contributed by atoms with van der Waals surface area (Å²) in [6, 6.07) is 0. The zero-order valence-electron chi connectivity index (χ0n) is 18.1. The van der Waals surface area contributed by atoms with Crippen LogP contribution < -0.4 is 0 Å². The summed E-state index contributed by atoms with van der Waals surface area (Å²) in [6.45, 7) is 6.40. The number of carbonyl (C=O) groups excluding carboxylic acids is 2. The molecule has 3 saturated carbocycles. The Hall–Kier alpha value is -1.20. The van der Waals surface area contributed by atoms with Gasteiger partial charge in [0.25, 0.3) is 0 Å². The zero-order chi connectivity index (χ0) is 20.9. The molecule has 4 rings (SSSR count). The Morgan fingerprint density at radius 2 is 2.07 bits per heavy atom. The lowest BCUT2D eigenvalue weighted by atomic mass is 9.49. The van der Waals surface area contributed by atoms with Crippen molar-refractivity contribution in [3.63, 3.8) is 0 Å². The third kappa shape index (κ3) is 3.11. The van der Waals surface area contributed by atoms with E-state index in [9.17, 15) is 14.7 Å². The predicted octanol–water partition coefficient (Wildman–Crippen LogP) is 3.69. The fourth-order valence-corrected chi connectivity index (χ4v) is 7.32. The number of aliphatic hydroxyl groups is 1. The summed E-state index contributed by atoms with van der Waals surface area (Å²) in [5.74, 6) is 0.966. The van der Waals surface area contributed by atoms with Gasteiger partial charge in [-0.05, 0) is 70.6 Å². The molecule has 4 aliphatic rings. The molecule has 0 aromatic rings. The molecule has 3 fully saturated rings. The lowest BCUT2D eigenvalue weighted by Gasteiger charge is -2.55. The molecule has 4 aliphatic carbocycles. The summed E-state index contributed by atoms with van der Waals surface area (Å²) in [4.78, 5) is 25.2. The van der Waals surface area contributed by atoms with Gasteiger partial charge in [-0.15, -0.1) is 0 Å². The van der Waals surface area contributed by atoms with Gasteiger partial charge < -0.3 is 14.6 Å². The molecular weight excluding hydrogens is 368 g/mol. The number of esters is 1. The van der Waals surface area contributed by atoms with Crippen LogP contribution in [-0.4, -0.2) is 42.8 Å². The highest BCUT2D eigenvalue weighted by atomic mass is 16.5. The standard InChI is InChI=1S/C24H36O5/c1-22(2,3)21(27)29-14-12-23-11-9-16-18(26)7-5-10-24(16)19(23)8-4-6-17(23)20(24)28-15-13-25/h4,6,16-17,19-20,25H,5,7-15H2,1-3H3/t16-,17-,19-,20?,23-,24+/m1/s1. The molecule has 1 spiro atoms. The maximum atomic E-state index is 12.9. The first-order valence-electron chi connectivity index (χ1n) is 11.4. The minimum atomic E-state index is -0.495. The molecule has 5 nitrogen and oxygen atoms in total. The molecular formula is C24H36O5. The predicted molar refractivity (Wildman–Crippen MR) is 109 cm³/mol. The third-order valence-corrected chi connectivity index (χ3v) is 8.35. The second kappa shape index (κ2) is 7.49. The number of ether oxygens (including phenoxy) is 2. The molecule has 29 heavy (non-hydrogen) atoms. The van der Waals surface area contributed by atoms with Gasteiger partial charge in [-0.3, -0.25) is 9.59 Å². The first-order chi connectivity index (χ1) is 13.8. The number of allylic oxidation sites excluding steroid dienone is 1. The second-order valence-electron chi connectivity index (χ2n) is 10.6. The van der Waals surface area contributed by atoms with Crippen molar-refractivity contribution in [2.24, 2.45) is 34.0 Å². The summed E-state index contributed by atoms with van der Waals surface area (Å²) < 4.78 is 12.0. The fraction of sp³-hybridized carbons (Fsp3) is 0.833. The number of ketones is 1. The molecule has 1 N–H and O–H groups in total. The zero-order valence-corrected chi connectivity index (χ0v) is 18.1. The molecule has 0 aromatic heterocycles. The van der Waals surface area contributed by atoms with Crippen LogP contribution in [-0.2, 0) is 19.1 Å². The van der Waals surface area contributed by atoms with Crippen molar-refractivity contribution in [1.82, 2.24) is 0 Å². The molecule has 1 unspecified atom stereocenters. The van der Waals surface area contributed by atoms with Crippen LogP contribution in [0.3, 0.4) is 0 Å². The van der Waals surface area contributed by atoms with Gasteiger partial charge in [0.2, 0.25) is 0 Å². The van der Waals surface area contributed by atoms with Crippen molar-refractivity contribution < 1.29 is 24.2 Å². The van der Waals surface area contributed by atoms with E-state index in [1.165, 1.54) is 0 Å². The van der Waals surface area contributed by atoms with E-state index < -0.39 is 5.41 Å². The van der Waals surface area contributed by atoms with Crippen molar-refractivity contribution in [3.05, 3.63) is 12.2 Å². The first kappa shape index (κ1) is 21.0. The van der Waals surface area contributed by atoms with Gasteiger partial charge >= 0.3 is 5.97 Å². The molecule has 0 saturated heterocycles. The normalized spacial score (nSPS) is 40.6. The molecule has 4 bridgehead atoms. The van der Waals surface area contributed by atoms with E-state index in [0.29, 0.717) is 31.3 Å². The average Bonchev–Trinajstić information content (AvgIpc) is 2.79. The molecule has 0 aromatic carbocycles. The van der Waals surface area contributed by atoms with Crippen molar-refractivity contribution in [2.75, 3.05) is 19.8 Å². The monoisotopic (exact) mass is 404 g/mol. The van der Waals surface area contributed by atoms with E-state index in [4.69, 9.17) is 9.47 Å². The van der Waals surface area contributed by atoms with Crippen molar-refractivity contribution in [2.45, 2.75) is 71.8 Å². The van der Waals surface area contributed by atoms with Crippen molar-refractivity contribution in [1.29, 1.82) is 0 Å². The Kier molecular flexibility index (Phi) is 5.44. The van der Waals surface area contributed by atoms with Crippen LogP contribution in [0.25, 0.3) is 0 Å². The van der Waals surface area contributed by atoms with Crippen LogP contribution in [0.1, 0.15) is 65.7 Å². The molecule has 0 aliphatic heterocycles. The molecule has 0 heterocycles. The molecule has 6 atom stereocenters. The minimum absolute atomic E-state index is 0.00247. The lowest BCUT2D eigenvalue weighted by molar-refractivity contribution is -0.156. The highest BCUT2D eigenvalue weighted by Crippen LogP contribution is 2.74. The molecule has 0 amide bonds. The smallest absolute Gasteiger partial charge is 0.311 e. The number of hydrogen-bond acceptors (Lipinski definition) is 5. The Morgan fingerprint density at radius 3 is 2.79 bits per heavy atom. The summed E-state index contributed by atoms with van der Waals surface area (Å²) in [6.07, 6.45) is 11.0. The van der Waals surface area contributed by atoms with E-state index in [-0.39, 0.29) is 41.3 Å². The fourth-order valence-electron chi connectivity index (χ4n) is 7.32. The van der Waals surface area contributed by atoms with E-state index in [0.717, 1.165) is 38.5 Å². The first-order valence-corrected chi connectivity index (χ1v) is 11.4.